The van der Waals surface area contributed by atoms with Crippen molar-refractivity contribution in [3.63, 3.8) is 0 Å². The minimum absolute atomic E-state index is 0.0325. The topological polar surface area (TPSA) is 87.9 Å². The summed E-state index contributed by atoms with van der Waals surface area (Å²) < 4.78 is 1.16. The minimum Gasteiger partial charge on any atom is -0.353 e. The zero-order chi connectivity index (χ0) is 23.6. The van der Waals surface area contributed by atoms with Crippen molar-refractivity contribution in [2.45, 2.75) is 6.92 Å². The van der Waals surface area contributed by atoms with Crippen molar-refractivity contribution in [1.82, 2.24) is 4.98 Å². The highest BCUT2D eigenvalue weighted by Crippen LogP contribution is 2.30. The number of benzene rings is 3. The summed E-state index contributed by atoms with van der Waals surface area (Å²) >= 11 is 0. The Morgan fingerprint density at radius 1 is 0.794 bits per heavy atom. The van der Waals surface area contributed by atoms with Crippen molar-refractivity contribution < 1.29 is 19.0 Å². The fourth-order valence-corrected chi connectivity index (χ4v) is 4.67. The van der Waals surface area contributed by atoms with E-state index in [0.29, 0.717) is 16.5 Å². The fraction of sp³-hybridized carbons (Fsp3) is 0.0357. The first-order valence-corrected chi connectivity index (χ1v) is 10.8. The summed E-state index contributed by atoms with van der Waals surface area (Å²) in [7, 11) is 0. The summed E-state index contributed by atoms with van der Waals surface area (Å²) in [5.41, 5.74) is 2.16. The summed E-state index contributed by atoms with van der Waals surface area (Å²) in [6, 6.07) is 20.4. The Bertz CT molecular complexity index is 1800. The number of nitrogens with one attached hydrogen (secondary N) is 1. The maximum Gasteiger partial charge on any atom is 0.425 e. The molecule has 2 heterocycles. The number of hydrogen-bond acceptors (Lipinski definition) is 4. The van der Waals surface area contributed by atoms with Crippen LogP contribution in [0.15, 0.2) is 83.8 Å². The van der Waals surface area contributed by atoms with E-state index in [2.05, 4.69) is 4.98 Å². The van der Waals surface area contributed by atoms with Crippen molar-refractivity contribution in [1.29, 1.82) is 0 Å². The molecule has 6 heteroatoms. The van der Waals surface area contributed by atoms with Gasteiger partial charge in [0, 0.05) is 22.0 Å². The molecule has 34 heavy (non-hydrogen) atoms. The van der Waals surface area contributed by atoms with Crippen LogP contribution in [0.3, 0.4) is 0 Å². The number of ketones is 2. The van der Waals surface area contributed by atoms with E-state index in [1.54, 1.807) is 66.7 Å². The standard InChI is InChI=1S/C28H16N2O4/c1-15-7-6-8-16(13-15)28(34)30-14-20-23(29-21-12-5-4-11-19(21)25(20)31)22-24(30)27(33)18-10-3-2-9-17(18)26(22)32/h2-14H,1H3/p+1. The number of carbonyl (C=O) groups is 3. The number of fused-ring (bicyclic) bond motifs is 5. The largest absolute Gasteiger partial charge is 0.425 e. The summed E-state index contributed by atoms with van der Waals surface area (Å²) in [5.74, 6) is -1.34. The van der Waals surface area contributed by atoms with Gasteiger partial charge in [-0.05, 0) is 31.2 Å². The molecule has 0 atom stereocenters. The number of aromatic nitrogens is 2. The van der Waals surface area contributed by atoms with E-state index in [1.165, 1.54) is 6.20 Å². The lowest BCUT2D eigenvalue weighted by atomic mass is 9.85. The van der Waals surface area contributed by atoms with Gasteiger partial charge < -0.3 is 4.98 Å². The normalized spacial score (nSPS) is 12.6. The maximum absolute atomic E-state index is 13.7. The van der Waals surface area contributed by atoms with Crippen molar-refractivity contribution in [2.24, 2.45) is 0 Å². The predicted molar refractivity (Wildman–Crippen MR) is 126 cm³/mol. The third-order valence-electron chi connectivity index (χ3n) is 6.27. The van der Waals surface area contributed by atoms with Crippen LogP contribution in [-0.4, -0.2) is 22.5 Å². The van der Waals surface area contributed by atoms with Gasteiger partial charge in [0.15, 0.2) is 6.20 Å². The predicted octanol–water partition coefficient (Wildman–Crippen LogP) is 3.74. The third kappa shape index (κ3) is 2.72. The number of hydrogen-bond donors (Lipinski definition) is 1. The molecule has 0 aliphatic heterocycles. The summed E-state index contributed by atoms with van der Waals surface area (Å²) in [4.78, 5) is 57.6. The Morgan fingerprint density at radius 2 is 1.50 bits per heavy atom. The molecule has 6 rings (SSSR count). The lowest BCUT2D eigenvalue weighted by Gasteiger charge is -2.17. The molecule has 0 unspecified atom stereocenters. The lowest BCUT2D eigenvalue weighted by molar-refractivity contribution is -0.571. The zero-order valence-electron chi connectivity index (χ0n) is 18.1. The SMILES string of the molecule is Cc1cccc(C(=O)[n+]2cc3c(=O)c4ccccc4[nH]c3c3c2C(=O)c2ccccc2C3=O)c1. The van der Waals surface area contributed by atoms with E-state index in [-0.39, 0.29) is 38.7 Å². The van der Waals surface area contributed by atoms with Gasteiger partial charge in [-0.3, -0.25) is 14.4 Å². The van der Waals surface area contributed by atoms with Crippen molar-refractivity contribution in [3.05, 3.63) is 123 Å². The molecular formula is C28H17N2O4+. The maximum atomic E-state index is 13.7. The Kier molecular flexibility index (Phi) is 4.19. The zero-order valence-corrected chi connectivity index (χ0v) is 18.1. The van der Waals surface area contributed by atoms with Gasteiger partial charge in [0.05, 0.1) is 11.1 Å². The van der Waals surface area contributed by atoms with Crippen molar-refractivity contribution >= 4 is 39.3 Å². The van der Waals surface area contributed by atoms with Crippen LogP contribution >= 0.6 is 0 Å². The smallest absolute Gasteiger partial charge is 0.353 e. The van der Waals surface area contributed by atoms with Gasteiger partial charge in [-0.1, -0.05) is 54.1 Å². The van der Waals surface area contributed by atoms with Crippen molar-refractivity contribution in [3.8, 4) is 0 Å². The summed E-state index contributed by atoms with van der Waals surface area (Å²) in [6.07, 6.45) is 1.38. The summed E-state index contributed by atoms with van der Waals surface area (Å²) in [5, 5.41) is 0.596. The van der Waals surface area contributed by atoms with Crippen molar-refractivity contribution in [2.75, 3.05) is 0 Å². The first kappa shape index (κ1) is 19.9. The van der Waals surface area contributed by atoms with Crippen LogP contribution in [-0.2, 0) is 0 Å². The van der Waals surface area contributed by atoms with E-state index in [0.717, 1.165) is 10.1 Å². The molecule has 2 aromatic heterocycles. The van der Waals surface area contributed by atoms with Crippen LogP contribution in [0.2, 0.25) is 0 Å². The molecule has 0 bridgehead atoms. The van der Waals surface area contributed by atoms with Crippen LogP contribution in [0.5, 0.6) is 0 Å². The van der Waals surface area contributed by atoms with E-state index in [9.17, 15) is 19.2 Å². The molecule has 0 spiro atoms. The van der Waals surface area contributed by atoms with Gasteiger partial charge in [-0.25, -0.2) is 4.79 Å². The summed E-state index contributed by atoms with van der Waals surface area (Å²) in [6.45, 7) is 1.86. The Labute approximate surface area is 193 Å². The highest BCUT2D eigenvalue weighted by atomic mass is 16.2. The molecule has 6 nitrogen and oxygen atoms in total. The van der Waals surface area contributed by atoms with Gasteiger partial charge in [-0.2, -0.15) is 0 Å². The van der Waals surface area contributed by atoms with Crippen LogP contribution in [0, 0.1) is 6.92 Å². The second-order valence-corrected chi connectivity index (χ2v) is 8.39. The Morgan fingerprint density at radius 3 is 2.26 bits per heavy atom. The first-order chi connectivity index (χ1) is 16.5. The molecule has 0 saturated heterocycles. The third-order valence-corrected chi connectivity index (χ3v) is 6.27. The Balaban J connectivity index is 1.78. The molecule has 0 saturated carbocycles. The van der Waals surface area contributed by atoms with E-state index in [4.69, 9.17) is 0 Å². The quantitative estimate of drug-likeness (QED) is 0.309. The molecule has 0 amide bonds. The molecule has 162 valence electrons. The average Bonchev–Trinajstić information content (AvgIpc) is 2.86. The number of para-hydroxylation sites is 1. The molecule has 1 aliphatic rings. The second-order valence-electron chi connectivity index (χ2n) is 8.39. The van der Waals surface area contributed by atoms with Crippen LogP contribution < -0.4 is 10.00 Å². The average molecular weight is 445 g/mol. The highest BCUT2D eigenvalue weighted by molar-refractivity contribution is 6.30. The van der Waals surface area contributed by atoms with Gasteiger partial charge >= 0.3 is 5.91 Å². The van der Waals surface area contributed by atoms with E-state index < -0.39 is 17.5 Å². The van der Waals surface area contributed by atoms with E-state index >= 15 is 0 Å². The monoisotopic (exact) mass is 445 g/mol. The fourth-order valence-electron chi connectivity index (χ4n) is 4.67. The number of carbonyl (C=O) groups excluding carboxylic acids is 3. The Hall–Kier alpha value is -4.71. The van der Waals surface area contributed by atoms with Gasteiger partial charge in [-0.15, -0.1) is 4.57 Å². The number of rotatable bonds is 1. The van der Waals surface area contributed by atoms with Gasteiger partial charge in [0.2, 0.25) is 11.2 Å². The second kappa shape index (κ2) is 7.15. The number of nitrogens with zero attached hydrogens (tertiary/aromatic N) is 1. The van der Waals surface area contributed by atoms with Gasteiger partial charge in [0.25, 0.3) is 11.5 Å². The minimum atomic E-state index is -0.491. The number of aromatic amines is 1. The molecule has 3 aromatic carbocycles. The molecular weight excluding hydrogens is 428 g/mol. The first-order valence-electron chi connectivity index (χ1n) is 10.8. The molecule has 5 aromatic rings. The molecule has 0 radical (unpaired) electrons. The molecule has 0 fully saturated rings. The highest BCUT2D eigenvalue weighted by Gasteiger charge is 2.42. The number of pyridine rings is 2. The van der Waals surface area contributed by atoms with Crippen LogP contribution in [0.25, 0.3) is 21.8 Å². The number of H-pyrrole nitrogens is 1. The molecule has 1 N–H and O–H groups in total. The molecule has 1 aliphatic carbocycles. The van der Waals surface area contributed by atoms with Crippen LogP contribution in [0.4, 0.5) is 0 Å². The van der Waals surface area contributed by atoms with Gasteiger partial charge in [0.1, 0.15) is 10.9 Å². The number of aryl methyl sites for hydroxylation is 1. The van der Waals surface area contributed by atoms with E-state index in [1.807, 2.05) is 13.0 Å². The lowest BCUT2D eigenvalue weighted by Crippen LogP contribution is -2.51. The van der Waals surface area contributed by atoms with Crippen LogP contribution in [0.1, 0.15) is 47.9 Å².